The lowest BCUT2D eigenvalue weighted by Crippen LogP contribution is -2.29. The second kappa shape index (κ2) is 4.97. The van der Waals surface area contributed by atoms with Crippen LogP contribution < -0.4 is 0 Å². The van der Waals surface area contributed by atoms with Crippen molar-refractivity contribution < 1.29 is 19.0 Å². The third kappa shape index (κ3) is 3.61. The Morgan fingerprint density at radius 2 is 2.25 bits per heavy atom. The maximum absolute atomic E-state index is 11.3. The molecule has 0 aliphatic carbocycles. The average Bonchev–Trinajstić information content (AvgIpc) is 2.45. The van der Waals surface area contributed by atoms with Crippen LogP contribution in [0.15, 0.2) is 12.2 Å². The highest BCUT2D eigenvalue weighted by atomic mass is 16.8. The highest BCUT2D eigenvalue weighted by Gasteiger charge is 2.39. The summed E-state index contributed by atoms with van der Waals surface area (Å²) in [6, 6.07) is 0. The van der Waals surface area contributed by atoms with E-state index in [9.17, 15) is 4.79 Å². The number of ether oxygens (including phenoxy) is 3. The van der Waals surface area contributed by atoms with Gasteiger partial charge in [-0.05, 0) is 19.8 Å². The molecular formula is C12H20O4. The summed E-state index contributed by atoms with van der Waals surface area (Å²) >= 11 is 0. The fourth-order valence-corrected chi connectivity index (χ4v) is 1.72. The van der Waals surface area contributed by atoms with Gasteiger partial charge in [0.25, 0.3) is 0 Å². The Hall–Kier alpha value is -0.870. The Kier molecular flexibility index (Phi) is 4.10. The summed E-state index contributed by atoms with van der Waals surface area (Å²) in [5.74, 6) is -0.628. The molecule has 2 unspecified atom stereocenters. The molecule has 1 rings (SSSR count). The smallest absolute Gasteiger partial charge is 0.335 e. The van der Waals surface area contributed by atoms with Gasteiger partial charge in [-0.3, -0.25) is 0 Å². The normalized spacial score (nSPS) is 29.4. The number of rotatable bonds is 4. The zero-order chi connectivity index (χ0) is 12.3. The van der Waals surface area contributed by atoms with E-state index in [0.717, 1.165) is 6.42 Å². The summed E-state index contributed by atoms with van der Waals surface area (Å²) in [6.45, 7) is 11.4. The number of esters is 1. The molecule has 0 radical (unpaired) electrons. The molecule has 1 fully saturated rings. The van der Waals surface area contributed by atoms with Gasteiger partial charge in [-0.2, -0.15) is 0 Å². The fraction of sp³-hybridized carbons (Fsp3) is 0.750. The van der Waals surface area contributed by atoms with E-state index < -0.39 is 18.0 Å². The second-order valence-electron chi connectivity index (χ2n) is 4.78. The lowest BCUT2D eigenvalue weighted by atomic mass is 10.0. The zero-order valence-corrected chi connectivity index (χ0v) is 10.4. The topological polar surface area (TPSA) is 44.8 Å². The van der Waals surface area contributed by atoms with Crippen molar-refractivity contribution in [3.63, 3.8) is 0 Å². The van der Waals surface area contributed by atoms with Gasteiger partial charge in [0.15, 0.2) is 5.79 Å². The predicted octanol–water partition coefficient (Wildman–Crippen LogP) is 2.24. The third-order valence-corrected chi connectivity index (χ3v) is 2.27. The van der Waals surface area contributed by atoms with Crippen molar-refractivity contribution in [1.82, 2.24) is 0 Å². The highest BCUT2D eigenvalue weighted by molar-refractivity contribution is 5.87. The van der Waals surface area contributed by atoms with Gasteiger partial charge in [-0.1, -0.05) is 20.4 Å². The van der Waals surface area contributed by atoms with Gasteiger partial charge in [-0.25, -0.2) is 4.79 Å². The van der Waals surface area contributed by atoms with Gasteiger partial charge >= 0.3 is 5.97 Å². The van der Waals surface area contributed by atoms with Crippen LogP contribution in [-0.4, -0.2) is 24.7 Å². The average molecular weight is 228 g/mol. The minimum atomic E-state index is -0.645. The first-order valence-electron chi connectivity index (χ1n) is 5.50. The van der Waals surface area contributed by atoms with Crippen LogP contribution in [0.3, 0.4) is 0 Å². The van der Waals surface area contributed by atoms with Gasteiger partial charge in [0.05, 0.1) is 0 Å². The van der Waals surface area contributed by atoms with E-state index >= 15 is 0 Å². The molecule has 0 aromatic rings. The molecule has 0 spiro atoms. The Labute approximate surface area is 96.6 Å². The summed E-state index contributed by atoms with van der Waals surface area (Å²) in [5.41, 5.74) is 0.362. The Morgan fingerprint density at radius 1 is 1.62 bits per heavy atom. The van der Waals surface area contributed by atoms with Crippen molar-refractivity contribution in [2.45, 2.75) is 46.2 Å². The van der Waals surface area contributed by atoms with Crippen molar-refractivity contribution in [3.05, 3.63) is 12.2 Å². The van der Waals surface area contributed by atoms with Crippen molar-refractivity contribution in [3.8, 4) is 0 Å². The first-order valence-corrected chi connectivity index (χ1v) is 5.50. The monoisotopic (exact) mass is 228 g/mol. The number of hydrogen-bond acceptors (Lipinski definition) is 4. The maximum atomic E-state index is 11.3. The minimum Gasteiger partial charge on any atom is -0.430 e. The summed E-state index contributed by atoms with van der Waals surface area (Å²) in [4.78, 5) is 11.3. The molecule has 0 aromatic carbocycles. The van der Waals surface area contributed by atoms with E-state index in [0.29, 0.717) is 11.5 Å². The SMILES string of the molecule is C=C(C)C(=O)OC1COC(C)(CC(C)C)O1. The van der Waals surface area contributed by atoms with Gasteiger partial charge in [0, 0.05) is 12.0 Å². The van der Waals surface area contributed by atoms with Crippen LogP contribution in [0.5, 0.6) is 0 Å². The number of hydrogen-bond donors (Lipinski definition) is 0. The van der Waals surface area contributed by atoms with Crippen molar-refractivity contribution in [1.29, 1.82) is 0 Å². The summed E-state index contributed by atoms with van der Waals surface area (Å²) in [6.07, 6.45) is 0.154. The molecule has 0 amide bonds. The van der Waals surface area contributed by atoms with Gasteiger partial charge in [0.2, 0.25) is 6.29 Å². The Morgan fingerprint density at radius 3 is 2.75 bits per heavy atom. The maximum Gasteiger partial charge on any atom is 0.335 e. The van der Waals surface area contributed by atoms with Crippen LogP contribution in [0.25, 0.3) is 0 Å². The molecule has 1 saturated heterocycles. The Bertz CT molecular complexity index is 285. The third-order valence-electron chi connectivity index (χ3n) is 2.27. The molecule has 0 bridgehead atoms. The van der Waals surface area contributed by atoms with E-state index in [1.54, 1.807) is 6.92 Å². The molecule has 16 heavy (non-hydrogen) atoms. The van der Waals surface area contributed by atoms with Crippen molar-refractivity contribution in [2.24, 2.45) is 5.92 Å². The van der Waals surface area contributed by atoms with E-state index in [1.165, 1.54) is 0 Å². The Balaban J connectivity index is 2.46. The summed E-state index contributed by atoms with van der Waals surface area (Å²) in [5, 5.41) is 0. The molecule has 92 valence electrons. The van der Waals surface area contributed by atoms with Gasteiger partial charge in [-0.15, -0.1) is 0 Å². The molecule has 0 saturated carbocycles. The van der Waals surface area contributed by atoms with E-state index in [1.807, 2.05) is 6.92 Å². The molecule has 0 N–H and O–H groups in total. The molecule has 4 nitrogen and oxygen atoms in total. The van der Waals surface area contributed by atoms with Crippen LogP contribution in [0.4, 0.5) is 0 Å². The zero-order valence-electron chi connectivity index (χ0n) is 10.4. The van der Waals surface area contributed by atoms with Crippen LogP contribution >= 0.6 is 0 Å². The number of carbonyl (C=O) groups is 1. The summed E-state index contributed by atoms with van der Waals surface area (Å²) < 4.78 is 16.2. The molecule has 2 atom stereocenters. The van der Waals surface area contributed by atoms with E-state index in [-0.39, 0.29) is 6.61 Å². The fourth-order valence-electron chi connectivity index (χ4n) is 1.72. The van der Waals surface area contributed by atoms with Crippen LogP contribution in [0.2, 0.25) is 0 Å². The quantitative estimate of drug-likeness (QED) is 0.547. The molecule has 1 aliphatic heterocycles. The largest absolute Gasteiger partial charge is 0.430 e. The molecular weight excluding hydrogens is 208 g/mol. The van der Waals surface area contributed by atoms with Crippen LogP contribution in [-0.2, 0) is 19.0 Å². The molecule has 1 aliphatic rings. The van der Waals surface area contributed by atoms with Crippen LogP contribution in [0.1, 0.15) is 34.1 Å². The second-order valence-corrected chi connectivity index (χ2v) is 4.78. The predicted molar refractivity (Wildman–Crippen MR) is 59.6 cm³/mol. The highest BCUT2D eigenvalue weighted by Crippen LogP contribution is 2.30. The lowest BCUT2D eigenvalue weighted by Gasteiger charge is -2.24. The van der Waals surface area contributed by atoms with Crippen LogP contribution in [0, 0.1) is 5.92 Å². The van der Waals surface area contributed by atoms with Crippen molar-refractivity contribution in [2.75, 3.05) is 6.61 Å². The van der Waals surface area contributed by atoms with Gasteiger partial charge in [0.1, 0.15) is 6.61 Å². The van der Waals surface area contributed by atoms with E-state index in [2.05, 4.69) is 20.4 Å². The molecule has 4 heteroatoms. The lowest BCUT2D eigenvalue weighted by molar-refractivity contribution is -0.207. The summed E-state index contributed by atoms with van der Waals surface area (Å²) in [7, 11) is 0. The van der Waals surface area contributed by atoms with Crippen molar-refractivity contribution >= 4 is 5.97 Å². The first kappa shape index (κ1) is 13.2. The molecule has 0 aromatic heterocycles. The standard InChI is InChI=1S/C12H20O4/c1-8(2)6-12(5)14-7-10(16-12)15-11(13)9(3)4/h8,10H,3,6-7H2,1-2,4-5H3. The first-order chi connectivity index (χ1) is 7.32. The van der Waals surface area contributed by atoms with E-state index in [4.69, 9.17) is 14.2 Å². The molecule has 1 heterocycles. The minimum absolute atomic E-state index is 0.280. The van der Waals surface area contributed by atoms with Gasteiger partial charge < -0.3 is 14.2 Å². The number of carbonyl (C=O) groups excluding carboxylic acids is 1.